The van der Waals surface area contributed by atoms with Crippen molar-refractivity contribution in [2.24, 2.45) is 11.8 Å². The highest BCUT2D eigenvalue weighted by molar-refractivity contribution is 4.95. The molecule has 2 rings (SSSR count). The predicted octanol–water partition coefficient (Wildman–Crippen LogP) is 1.08. The second-order valence-electron chi connectivity index (χ2n) is 5.72. The number of hydrogen-bond donors (Lipinski definition) is 1. The van der Waals surface area contributed by atoms with Gasteiger partial charge in [0.1, 0.15) is 6.61 Å². The first kappa shape index (κ1) is 14.8. The van der Waals surface area contributed by atoms with Crippen molar-refractivity contribution in [3.63, 3.8) is 0 Å². The van der Waals surface area contributed by atoms with Crippen LogP contribution in [0.5, 0.6) is 0 Å². The summed E-state index contributed by atoms with van der Waals surface area (Å²) in [6.45, 7) is 8.16. The highest BCUT2D eigenvalue weighted by Crippen LogP contribution is 2.20. The predicted molar refractivity (Wildman–Crippen MR) is 77.3 cm³/mol. The summed E-state index contributed by atoms with van der Waals surface area (Å²) in [7, 11) is 0. The second-order valence-corrected chi connectivity index (χ2v) is 5.72. The van der Waals surface area contributed by atoms with Crippen LogP contribution in [0, 0.1) is 17.8 Å². The molecule has 2 N–H and O–H groups in total. The van der Waals surface area contributed by atoms with Crippen LogP contribution in [0.25, 0.3) is 0 Å². The quantitative estimate of drug-likeness (QED) is 0.610. The Morgan fingerprint density at radius 3 is 2.42 bits per heavy atom. The number of rotatable bonds is 4. The monoisotopic (exact) mass is 265 g/mol. The second kappa shape index (κ2) is 7.86. The van der Waals surface area contributed by atoms with Gasteiger partial charge in [0.05, 0.1) is 6.10 Å². The number of ether oxygens (including phenoxy) is 1. The van der Waals surface area contributed by atoms with Crippen molar-refractivity contribution in [3.05, 3.63) is 0 Å². The molecule has 2 aliphatic heterocycles. The third-order valence-electron chi connectivity index (χ3n) is 4.27. The van der Waals surface area contributed by atoms with Crippen LogP contribution in [-0.4, -0.2) is 55.3 Å². The smallest absolute Gasteiger partial charge is 0.108 e. The summed E-state index contributed by atoms with van der Waals surface area (Å²) in [5, 5.41) is 1.95. The molecule has 108 valence electrons. The van der Waals surface area contributed by atoms with Crippen LogP contribution in [0.4, 0.5) is 0 Å². The van der Waals surface area contributed by atoms with E-state index in [-0.39, 0.29) is 0 Å². The maximum absolute atomic E-state index is 5.80. The lowest BCUT2D eigenvalue weighted by Crippen LogP contribution is -2.44. The molecular weight excluding hydrogens is 238 g/mol. The number of piperidine rings is 2. The van der Waals surface area contributed by atoms with Crippen molar-refractivity contribution in [2.75, 3.05) is 39.3 Å². The first-order chi connectivity index (χ1) is 9.28. The van der Waals surface area contributed by atoms with E-state index in [1.54, 1.807) is 0 Å². The van der Waals surface area contributed by atoms with Gasteiger partial charge in [-0.3, -0.25) is 5.84 Å². The fourth-order valence-corrected chi connectivity index (χ4v) is 2.99. The van der Waals surface area contributed by atoms with Gasteiger partial charge in [0, 0.05) is 32.7 Å². The summed E-state index contributed by atoms with van der Waals surface area (Å²) in [5.41, 5.74) is 0. The number of nitrogens with zero attached hydrogens (tertiary/aromatic N) is 2. The lowest BCUT2D eigenvalue weighted by atomic mass is 9.96. The summed E-state index contributed by atoms with van der Waals surface area (Å²) < 4.78 is 5.75. The van der Waals surface area contributed by atoms with Crippen LogP contribution in [0.3, 0.4) is 0 Å². The average Bonchev–Trinajstić information content (AvgIpc) is 2.44. The Labute approximate surface area is 117 Å². The minimum absolute atomic E-state index is 0.419. The van der Waals surface area contributed by atoms with Crippen molar-refractivity contribution in [1.82, 2.24) is 9.91 Å². The Hall–Kier alpha value is -0.600. The van der Waals surface area contributed by atoms with E-state index in [4.69, 9.17) is 10.6 Å². The van der Waals surface area contributed by atoms with Crippen molar-refractivity contribution in [1.29, 1.82) is 0 Å². The van der Waals surface area contributed by atoms with Crippen molar-refractivity contribution in [2.45, 2.75) is 38.7 Å². The molecule has 2 fully saturated rings. The number of likely N-dealkylation sites (tertiary alicyclic amines) is 1. The van der Waals surface area contributed by atoms with Crippen LogP contribution >= 0.6 is 0 Å². The minimum atomic E-state index is 0.419. The molecule has 4 heteroatoms. The van der Waals surface area contributed by atoms with Gasteiger partial charge in [-0.2, -0.15) is 0 Å². The fourth-order valence-electron chi connectivity index (χ4n) is 2.99. The molecule has 4 nitrogen and oxygen atoms in total. The normalized spacial score (nSPS) is 24.1. The molecule has 2 heterocycles. The standard InChI is InChI=1S/C15H27N3O/c1-2-3-12-19-15-6-8-17(9-7-15)13-14-4-10-18(16)11-5-14/h14-15H,4-13,16H2,1H3. The molecule has 2 saturated heterocycles. The lowest BCUT2D eigenvalue weighted by Gasteiger charge is -2.36. The van der Waals surface area contributed by atoms with Gasteiger partial charge in [-0.1, -0.05) is 5.92 Å². The molecule has 0 saturated carbocycles. The topological polar surface area (TPSA) is 41.7 Å². The van der Waals surface area contributed by atoms with Crippen molar-refractivity contribution in [3.8, 4) is 11.8 Å². The van der Waals surface area contributed by atoms with Gasteiger partial charge < -0.3 is 9.64 Å². The number of hydrazine groups is 1. The highest BCUT2D eigenvalue weighted by atomic mass is 16.5. The highest BCUT2D eigenvalue weighted by Gasteiger charge is 2.23. The third-order valence-corrected chi connectivity index (χ3v) is 4.27. The van der Waals surface area contributed by atoms with E-state index in [0.29, 0.717) is 12.7 Å². The van der Waals surface area contributed by atoms with E-state index in [9.17, 15) is 0 Å². The van der Waals surface area contributed by atoms with Crippen LogP contribution in [0.1, 0.15) is 32.6 Å². The Morgan fingerprint density at radius 2 is 1.79 bits per heavy atom. The molecule has 0 radical (unpaired) electrons. The number of hydrogen-bond acceptors (Lipinski definition) is 4. The van der Waals surface area contributed by atoms with Gasteiger partial charge in [0.15, 0.2) is 0 Å². The van der Waals surface area contributed by atoms with Crippen molar-refractivity contribution >= 4 is 0 Å². The molecule has 0 bridgehead atoms. The molecule has 0 aromatic heterocycles. The van der Waals surface area contributed by atoms with E-state index in [2.05, 4.69) is 16.7 Å². The molecular formula is C15H27N3O. The third kappa shape index (κ3) is 5.12. The summed E-state index contributed by atoms with van der Waals surface area (Å²) in [5.74, 6) is 12.5. The Kier molecular flexibility index (Phi) is 6.12. The Morgan fingerprint density at radius 1 is 1.11 bits per heavy atom. The maximum atomic E-state index is 5.80. The molecule has 0 amide bonds. The first-order valence-corrected chi connectivity index (χ1v) is 7.51. The zero-order chi connectivity index (χ0) is 13.5. The maximum Gasteiger partial charge on any atom is 0.108 e. The van der Waals surface area contributed by atoms with Gasteiger partial charge >= 0.3 is 0 Å². The van der Waals surface area contributed by atoms with E-state index in [1.165, 1.54) is 32.5 Å². The Bertz CT molecular complexity index is 307. The minimum Gasteiger partial charge on any atom is -0.365 e. The van der Waals surface area contributed by atoms with E-state index >= 15 is 0 Å². The van der Waals surface area contributed by atoms with Crippen LogP contribution < -0.4 is 5.84 Å². The van der Waals surface area contributed by atoms with Crippen LogP contribution in [0.15, 0.2) is 0 Å². The molecule has 0 aromatic carbocycles. The van der Waals surface area contributed by atoms with E-state index in [0.717, 1.165) is 31.8 Å². The van der Waals surface area contributed by atoms with Crippen LogP contribution in [0.2, 0.25) is 0 Å². The molecule has 0 aromatic rings. The van der Waals surface area contributed by atoms with E-state index < -0.39 is 0 Å². The van der Waals surface area contributed by atoms with Gasteiger partial charge in [0.25, 0.3) is 0 Å². The molecule has 0 unspecified atom stereocenters. The zero-order valence-corrected chi connectivity index (χ0v) is 12.1. The molecule has 0 atom stereocenters. The summed E-state index contributed by atoms with van der Waals surface area (Å²) in [6, 6.07) is 0. The molecule has 2 aliphatic rings. The zero-order valence-electron chi connectivity index (χ0n) is 12.1. The molecule has 19 heavy (non-hydrogen) atoms. The first-order valence-electron chi connectivity index (χ1n) is 7.51. The summed E-state index contributed by atoms with van der Waals surface area (Å²) in [6.07, 6.45) is 5.23. The summed E-state index contributed by atoms with van der Waals surface area (Å²) in [4.78, 5) is 2.60. The van der Waals surface area contributed by atoms with Crippen molar-refractivity contribution < 1.29 is 4.74 Å². The van der Waals surface area contributed by atoms with Gasteiger partial charge in [0.2, 0.25) is 0 Å². The summed E-state index contributed by atoms with van der Waals surface area (Å²) >= 11 is 0. The van der Waals surface area contributed by atoms with Gasteiger partial charge in [-0.25, -0.2) is 5.01 Å². The van der Waals surface area contributed by atoms with Crippen LogP contribution in [-0.2, 0) is 4.74 Å². The largest absolute Gasteiger partial charge is 0.365 e. The fraction of sp³-hybridized carbons (Fsp3) is 0.867. The van der Waals surface area contributed by atoms with Gasteiger partial charge in [-0.15, -0.1) is 5.92 Å². The van der Waals surface area contributed by atoms with Gasteiger partial charge in [-0.05, 0) is 38.5 Å². The van der Waals surface area contributed by atoms with E-state index in [1.807, 2.05) is 11.9 Å². The molecule has 0 aliphatic carbocycles. The lowest BCUT2D eigenvalue weighted by molar-refractivity contribution is 0.0177. The number of nitrogens with two attached hydrogens (primary N) is 1. The SMILES string of the molecule is CC#CCOC1CCN(CC2CCN(N)CC2)CC1. The molecule has 0 spiro atoms. The average molecular weight is 265 g/mol. The Balaban J connectivity index is 1.61.